The fraction of sp³-hybridized carbons (Fsp3) is 0.421. The van der Waals surface area contributed by atoms with Crippen LogP contribution in [0.25, 0.3) is 0 Å². The number of aromatic hydroxyl groups is 1. The number of hydrogen-bond acceptors (Lipinski definition) is 7. The molecule has 0 aliphatic carbocycles. The summed E-state index contributed by atoms with van der Waals surface area (Å²) in [5, 5.41) is 15.4. The molecule has 3 rings (SSSR count). The molecule has 3 atom stereocenters. The Kier molecular flexibility index (Phi) is 13.2. The van der Waals surface area contributed by atoms with Crippen molar-refractivity contribution in [3.63, 3.8) is 0 Å². The molecule has 0 saturated carbocycles. The topological polar surface area (TPSA) is 134 Å². The van der Waals surface area contributed by atoms with Crippen LogP contribution in [-0.2, 0) is 36.7 Å². The van der Waals surface area contributed by atoms with Gasteiger partial charge in [-0.1, -0.05) is 79.7 Å². The minimum Gasteiger partial charge on any atom is -0.508 e. The summed E-state index contributed by atoms with van der Waals surface area (Å²) in [6.45, 7) is 12.5. The lowest BCUT2D eigenvalue weighted by Gasteiger charge is -2.35. The summed E-state index contributed by atoms with van der Waals surface area (Å²) >= 11 is 0. The third kappa shape index (κ3) is 12.1. The molecule has 0 bridgehead atoms. The smallest absolute Gasteiger partial charge is 0.408 e. The normalized spacial score (nSPS) is 13.4. The fourth-order valence-corrected chi connectivity index (χ4v) is 5.10. The third-order valence-corrected chi connectivity index (χ3v) is 7.08. The minimum atomic E-state index is -1.15. The molecule has 0 heterocycles. The summed E-state index contributed by atoms with van der Waals surface area (Å²) in [6, 6.07) is 21.1. The molecule has 3 unspecified atom stereocenters. The number of nitrogens with one attached hydrogen (secondary N) is 2. The Morgan fingerprint density at radius 2 is 1.23 bits per heavy atom. The molecule has 0 fully saturated rings. The summed E-state index contributed by atoms with van der Waals surface area (Å²) in [4.78, 5) is 56.9. The highest BCUT2D eigenvalue weighted by molar-refractivity contribution is 5.94. The van der Waals surface area contributed by atoms with E-state index in [1.54, 1.807) is 84.0 Å². The van der Waals surface area contributed by atoms with Crippen LogP contribution in [0.4, 0.5) is 4.79 Å². The van der Waals surface area contributed by atoms with Crippen molar-refractivity contribution in [2.24, 2.45) is 0 Å². The van der Waals surface area contributed by atoms with Crippen molar-refractivity contribution in [3.05, 3.63) is 102 Å². The van der Waals surface area contributed by atoms with Crippen molar-refractivity contribution in [3.8, 4) is 5.75 Å². The van der Waals surface area contributed by atoms with Gasteiger partial charge >= 0.3 is 12.1 Å². The van der Waals surface area contributed by atoms with Crippen molar-refractivity contribution in [2.75, 3.05) is 6.54 Å². The number of carbonyl (C=O) groups excluding carboxylic acids is 4. The summed E-state index contributed by atoms with van der Waals surface area (Å²) in [6.07, 6.45) is -0.0464. The SMILES string of the molecule is CCCN(C(=O)C(Cc1ccc(O)cc1)NC(=O)OC(C)(C)C)C(C(=O)NC(Cc1ccccc1)C(=O)OC(C)(C)C)c1ccccc1. The Morgan fingerprint density at radius 1 is 0.708 bits per heavy atom. The maximum Gasteiger partial charge on any atom is 0.408 e. The minimum absolute atomic E-state index is 0.0604. The number of phenols is 1. The number of phenolic OH excluding ortho intramolecular Hbond substituents is 1. The Hall–Kier alpha value is -4.86. The highest BCUT2D eigenvalue weighted by Crippen LogP contribution is 2.25. The number of hydrogen-bond donors (Lipinski definition) is 3. The fourth-order valence-electron chi connectivity index (χ4n) is 5.10. The molecule has 0 radical (unpaired) electrons. The molecule has 3 aromatic carbocycles. The predicted molar refractivity (Wildman–Crippen MR) is 184 cm³/mol. The van der Waals surface area contributed by atoms with Crippen molar-refractivity contribution >= 4 is 23.9 Å². The van der Waals surface area contributed by atoms with Gasteiger partial charge in [0.2, 0.25) is 11.8 Å². The van der Waals surface area contributed by atoms with Gasteiger partial charge in [-0.15, -0.1) is 0 Å². The average molecular weight is 660 g/mol. The van der Waals surface area contributed by atoms with Gasteiger partial charge < -0.3 is 30.1 Å². The molecular weight excluding hydrogens is 610 g/mol. The number of rotatable bonds is 13. The maximum absolute atomic E-state index is 14.6. The van der Waals surface area contributed by atoms with E-state index < -0.39 is 53.2 Å². The van der Waals surface area contributed by atoms with Crippen LogP contribution in [-0.4, -0.2) is 63.7 Å². The zero-order valence-corrected chi connectivity index (χ0v) is 29.0. The number of ether oxygens (including phenoxy) is 2. The van der Waals surface area contributed by atoms with Crippen LogP contribution in [0.1, 0.15) is 77.6 Å². The van der Waals surface area contributed by atoms with E-state index in [0.29, 0.717) is 17.5 Å². The molecule has 258 valence electrons. The van der Waals surface area contributed by atoms with Crippen LogP contribution in [0.15, 0.2) is 84.9 Å². The first-order valence-corrected chi connectivity index (χ1v) is 16.3. The van der Waals surface area contributed by atoms with Gasteiger partial charge in [0, 0.05) is 19.4 Å². The first kappa shape index (κ1) is 37.6. The molecule has 3 aromatic rings. The first-order chi connectivity index (χ1) is 22.6. The van der Waals surface area contributed by atoms with Gasteiger partial charge in [0.15, 0.2) is 0 Å². The molecule has 3 amide bonds. The number of amides is 3. The molecule has 0 aliphatic rings. The van der Waals surface area contributed by atoms with E-state index in [0.717, 1.165) is 5.56 Å². The molecular formula is C38H49N3O7. The Morgan fingerprint density at radius 3 is 1.77 bits per heavy atom. The molecule has 0 aliphatic heterocycles. The van der Waals surface area contributed by atoms with Gasteiger partial charge in [-0.05, 0) is 76.8 Å². The molecule has 10 heteroatoms. The average Bonchev–Trinajstić information content (AvgIpc) is 3.00. The maximum atomic E-state index is 14.6. The lowest BCUT2D eigenvalue weighted by Crippen LogP contribution is -2.55. The van der Waals surface area contributed by atoms with Gasteiger partial charge in [-0.3, -0.25) is 9.59 Å². The Bertz CT molecular complexity index is 1500. The van der Waals surface area contributed by atoms with E-state index >= 15 is 0 Å². The highest BCUT2D eigenvalue weighted by Gasteiger charge is 2.38. The lowest BCUT2D eigenvalue weighted by atomic mass is 9.99. The molecule has 0 saturated heterocycles. The number of esters is 1. The lowest BCUT2D eigenvalue weighted by molar-refractivity contribution is -0.159. The van der Waals surface area contributed by atoms with Gasteiger partial charge in [0.05, 0.1) is 0 Å². The van der Waals surface area contributed by atoms with E-state index in [9.17, 15) is 24.3 Å². The van der Waals surface area contributed by atoms with Crippen LogP contribution < -0.4 is 10.6 Å². The number of benzene rings is 3. The van der Waals surface area contributed by atoms with Crippen molar-refractivity contribution < 1.29 is 33.8 Å². The first-order valence-electron chi connectivity index (χ1n) is 16.3. The van der Waals surface area contributed by atoms with Crippen molar-refractivity contribution in [1.29, 1.82) is 0 Å². The highest BCUT2D eigenvalue weighted by atomic mass is 16.6. The second kappa shape index (κ2) is 16.8. The summed E-state index contributed by atoms with van der Waals surface area (Å²) in [7, 11) is 0. The van der Waals surface area contributed by atoms with Gasteiger partial charge in [0.1, 0.15) is 35.1 Å². The van der Waals surface area contributed by atoms with Crippen LogP contribution in [0, 0.1) is 0 Å². The van der Waals surface area contributed by atoms with Gasteiger partial charge in [-0.2, -0.15) is 0 Å². The summed E-state index contributed by atoms with van der Waals surface area (Å²) in [5.41, 5.74) is 0.407. The largest absolute Gasteiger partial charge is 0.508 e. The molecule has 3 N–H and O–H groups in total. The number of carbonyl (C=O) groups is 4. The number of nitrogens with zero attached hydrogens (tertiary/aromatic N) is 1. The van der Waals surface area contributed by atoms with E-state index in [1.807, 2.05) is 37.3 Å². The second-order valence-corrected chi connectivity index (χ2v) is 13.7. The van der Waals surface area contributed by atoms with E-state index in [1.165, 1.54) is 17.0 Å². The third-order valence-electron chi connectivity index (χ3n) is 7.08. The number of alkyl carbamates (subject to hydrolysis) is 1. The van der Waals surface area contributed by atoms with Crippen LogP contribution in [0.3, 0.4) is 0 Å². The van der Waals surface area contributed by atoms with E-state index in [-0.39, 0.29) is 25.1 Å². The van der Waals surface area contributed by atoms with Crippen LogP contribution >= 0.6 is 0 Å². The standard InChI is InChI=1S/C38H49N3O7/c1-8-23-41(34(44)30(40-36(46)48-38(5,6)7)24-27-19-21-29(42)22-20-27)32(28-17-13-10-14-18-28)33(43)39-31(35(45)47-37(2,3)4)25-26-15-11-9-12-16-26/h9-22,30-32,42H,8,23-25H2,1-7H3,(H,39,43)(H,40,46). The molecule has 0 spiro atoms. The van der Waals surface area contributed by atoms with Gasteiger partial charge in [-0.25, -0.2) is 9.59 Å². The summed E-state index contributed by atoms with van der Waals surface area (Å²) in [5.74, 6) is -1.63. The molecule has 0 aromatic heterocycles. The monoisotopic (exact) mass is 659 g/mol. The Balaban J connectivity index is 2.04. The van der Waals surface area contributed by atoms with Crippen LogP contribution in [0.2, 0.25) is 0 Å². The zero-order valence-electron chi connectivity index (χ0n) is 29.0. The van der Waals surface area contributed by atoms with Crippen molar-refractivity contribution in [2.45, 2.75) is 97.1 Å². The van der Waals surface area contributed by atoms with Gasteiger partial charge in [0.25, 0.3) is 0 Å². The van der Waals surface area contributed by atoms with E-state index in [2.05, 4.69) is 10.6 Å². The Labute approximate surface area is 283 Å². The molecule has 48 heavy (non-hydrogen) atoms. The van der Waals surface area contributed by atoms with Crippen molar-refractivity contribution in [1.82, 2.24) is 15.5 Å². The molecule has 10 nitrogen and oxygen atoms in total. The summed E-state index contributed by atoms with van der Waals surface area (Å²) < 4.78 is 11.2. The second-order valence-electron chi connectivity index (χ2n) is 13.7. The van der Waals surface area contributed by atoms with E-state index in [4.69, 9.17) is 9.47 Å². The van der Waals surface area contributed by atoms with Crippen LogP contribution in [0.5, 0.6) is 5.75 Å². The predicted octanol–water partition coefficient (Wildman–Crippen LogP) is 5.88. The zero-order chi connectivity index (χ0) is 35.5. The quantitative estimate of drug-likeness (QED) is 0.195.